The zero-order valence-electron chi connectivity index (χ0n) is 11.5. The van der Waals surface area contributed by atoms with Crippen molar-refractivity contribution in [3.8, 4) is 0 Å². The number of aromatic nitrogens is 1. The Balaban J connectivity index is 1.81. The van der Waals surface area contributed by atoms with Gasteiger partial charge < -0.3 is 5.32 Å². The van der Waals surface area contributed by atoms with Crippen molar-refractivity contribution in [2.45, 2.75) is 6.54 Å². The summed E-state index contributed by atoms with van der Waals surface area (Å²) in [5.74, 6) is -0.816. The predicted molar refractivity (Wildman–Crippen MR) is 91.1 cm³/mol. The van der Waals surface area contributed by atoms with Gasteiger partial charge in [0.15, 0.2) is 0 Å². The van der Waals surface area contributed by atoms with Gasteiger partial charge in [0, 0.05) is 5.69 Å². The minimum atomic E-state index is -0.425. The van der Waals surface area contributed by atoms with E-state index in [-0.39, 0.29) is 12.1 Å². The summed E-state index contributed by atoms with van der Waals surface area (Å²) in [6, 6.07) is 8.59. The van der Waals surface area contributed by atoms with Crippen LogP contribution in [-0.2, 0) is 11.3 Å². The maximum atomic E-state index is 13.2. The number of halogens is 3. The Labute approximate surface area is 144 Å². The summed E-state index contributed by atoms with van der Waals surface area (Å²) < 4.78 is 15.0. The van der Waals surface area contributed by atoms with Gasteiger partial charge in [0.05, 0.1) is 20.1 Å². The highest BCUT2D eigenvalue weighted by Crippen LogP contribution is 2.25. The lowest BCUT2D eigenvalue weighted by atomic mass is 10.3. The Kier molecular flexibility index (Phi) is 4.39. The summed E-state index contributed by atoms with van der Waals surface area (Å²) in [4.78, 5) is 24.2. The first-order valence-electron chi connectivity index (χ1n) is 6.48. The van der Waals surface area contributed by atoms with Crippen molar-refractivity contribution in [2.24, 2.45) is 0 Å². The van der Waals surface area contributed by atoms with Crippen LogP contribution < -0.4 is 10.9 Å². The van der Waals surface area contributed by atoms with Crippen molar-refractivity contribution in [3.63, 3.8) is 0 Å². The van der Waals surface area contributed by atoms with Crippen LogP contribution in [0.1, 0.15) is 0 Å². The average molecular weight is 371 g/mol. The number of hydrogen-bond donors (Lipinski definition) is 1. The van der Waals surface area contributed by atoms with E-state index >= 15 is 0 Å². The molecule has 1 aromatic heterocycles. The largest absolute Gasteiger partial charge is 0.324 e. The van der Waals surface area contributed by atoms with Crippen LogP contribution in [0, 0.1) is 5.82 Å². The van der Waals surface area contributed by atoms with Crippen LogP contribution in [-0.4, -0.2) is 9.86 Å². The van der Waals surface area contributed by atoms with Gasteiger partial charge in [-0.2, -0.15) is 0 Å². The summed E-state index contributed by atoms with van der Waals surface area (Å²) in [5, 5.41) is 3.72. The summed E-state index contributed by atoms with van der Waals surface area (Å²) in [6.45, 7) is -0.167. The van der Waals surface area contributed by atoms with Crippen LogP contribution in [0.3, 0.4) is 0 Å². The first-order chi connectivity index (χ1) is 10.9. The van der Waals surface area contributed by atoms with Crippen LogP contribution in [0.4, 0.5) is 10.1 Å². The quantitative estimate of drug-likeness (QED) is 0.752. The maximum absolute atomic E-state index is 13.2. The zero-order valence-corrected chi connectivity index (χ0v) is 13.8. The second kappa shape index (κ2) is 6.31. The predicted octanol–water partition coefficient (Wildman–Crippen LogP) is 4.15. The molecule has 0 saturated heterocycles. The van der Waals surface area contributed by atoms with Crippen LogP contribution in [0.25, 0.3) is 10.1 Å². The fraction of sp³-hybridized carbons (Fsp3) is 0.0667. The van der Waals surface area contributed by atoms with Gasteiger partial charge in [0.25, 0.3) is 5.56 Å². The maximum Gasteiger partial charge on any atom is 0.269 e. The number of amides is 1. The topological polar surface area (TPSA) is 51.1 Å². The Morgan fingerprint density at radius 3 is 2.70 bits per heavy atom. The second-order valence-electron chi connectivity index (χ2n) is 4.75. The highest BCUT2D eigenvalue weighted by Gasteiger charge is 2.12. The lowest BCUT2D eigenvalue weighted by Gasteiger charge is -2.06. The van der Waals surface area contributed by atoms with Crippen molar-refractivity contribution in [2.75, 3.05) is 5.32 Å². The minimum Gasteiger partial charge on any atom is -0.324 e. The Bertz CT molecular complexity index is 968. The van der Waals surface area contributed by atoms with Crippen molar-refractivity contribution < 1.29 is 9.18 Å². The minimum absolute atomic E-state index is 0.167. The third-order valence-corrected chi connectivity index (χ3v) is 4.89. The van der Waals surface area contributed by atoms with Crippen LogP contribution in [0.2, 0.25) is 10.0 Å². The van der Waals surface area contributed by atoms with E-state index in [4.69, 9.17) is 23.2 Å². The van der Waals surface area contributed by atoms with E-state index in [1.54, 1.807) is 12.1 Å². The van der Waals surface area contributed by atoms with Gasteiger partial charge in [-0.05, 0) is 36.4 Å². The lowest BCUT2D eigenvalue weighted by molar-refractivity contribution is -0.116. The van der Waals surface area contributed by atoms with E-state index < -0.39 is 11.7 Å². The molecule has 0 atom stereocenters. The van der Waals surface area contributed by atoms with E-state index in [0.717, 1.165) is 11.5 Å². The normalized spacial score (nSPS) is 10.9. The molecule has 0 bridgehead atoms. The average Bonchev–Trinajstić information content (AvgIpc) is 2.78. The van der Waals surface area contributed by atoms with E-state index in [1.807, 2.05) is 0 Å². The van der Waals surface area contributed by atoms with Crippen LogP contribution >= 0.6 is 34.7 Å². The number of nitrogens with zero attached hydrogens (tertiary/aromatic N) is 1. The number of fused-ring (bicyclic) bond motifs is 1. The summed E-state index contributed by atoms with van der Waals surface area (Å²) in [7, 11) is 0. The fourth-order valence-corrected chi connectivity index (χ4v) is 3.37. The second-order valence-corrected chi connectivity index (χ2v) is 6.63. The number of carbonyl (C=O) groups excluding carboxylic acids is 1. The molecule has 2 aromatic carbocycles. The molecule has 0 radical (unpaired) electrons. The molecule has 3 rings (SSSR count). The zero-order chi connectivity index (χ0) is 16.6. The molecule has 0 saturated carbocycles. The Morgan fingerprint density at radius 1 is 1.17 bits per heavy atom. The highest BCUT2D eigenvalue weighted by atomic mass is 35.5. The number of rotatable bonds is 3. The molecule has 0 aliphatic rings. The molecule has 3 aromatic rings. The molecule has 23 heavy (non-hydrogen) atoms. The lowest BCUT2D eigenvalue weighted by Crippen LogP contribution is -2.23. The molecule has 1 amide bonds. The van der Waals surface area contributed by atoms with Crippen LogP contribution in [0.15, 0.2) is 41.2 Å². The molecule has 8 heteroatoms. The van der Waals surface area contributed by atoms with Crippen molar-refractivity contribution in [1.29, 1.82) is 0 Å². The molecule has 0 unspecified atom stereocenters. The molecule has 0 aliphatic heterocycles. The number of hydrogen-bond acceptors (Lipinski definition) is 3. The molecule has 0 spiro atoms. The molecule has 1 heterocycles. The number of benzene rings is 2. The smallest absolute Gasteiger partial charge is 0.269 e. The van der Waals surface area contributed by atoms with Crippen molar-refractivity contribution in [3.05, 3.63) is 62.6 Å². The van der Waals surface area contributed by atoms with Gasteiger partial charge in [-0.1, -0.05) is 34.7 Å². The van der Waals surface area contributed by atoms with Gasteiger partial charge in [-0.25, -0.2) is 4.39 Å². The van der Waals surface area contributed by atoms with Gasteiger partial charge in [0.1, 0.15) is 12.4 Å². The first-order valence-corrected chi connectivity index (χ1v) is 8.01. The summed E-state index contributed by atoms with van der Waals surface area (Å²) in [6.07, 6.45) is 0. The SMILES string of the molecule is O=C(Cn1sc2cc(F)ccc2c1=O)Nc1ccc(Cl)c(Cl)c1. The van der Waals surface area contributed by atoms with E-state index in [0.29, 0.717) is 25.8 Å². The molecule has 0 aliphatic carbocycles. The molecule has 4 nitrogen and oxygen atoms in total. The molecule has 0 fully saturated rings. The molecular formula is C15H9Cl2FN2O2S. The van der Waals surface area contributed by atoms with Gasteiger partial charge in [0.2, 0.25) is 5.91 Å². The van der Waals surface area contributed by atoms with Gasteiger partial charge >= 0.3 is 0 Å². The third-order valence-electron chi connectivity index (χ3n) is 3.10. The standard InChI is InChI=1S/C15H9Cl2FN2O2S/c16-11-4-2-9(6-12(11)17)19-14(21)7-20-15(22)10-3-1-8(18)5-13(10)23-20/h1-6H,7H2,(H,19,21). The molecule has 118 valence electrons. The Morgan fingerprint density at radius 2 is 1.96 bits per heavy atom. The van der Waals surface area contributed by atoms with Crippen molar-refractivity contribution in [1.82, 2.24) is 3.96 Å². The van der Waals surface area contributed by atoms with E-state index in [9.17, 15) is 14.0 Å². The van der Waals surface area contributed by atoms with Gasteiger partial charge in [-0.15, -0.1) is 0 Å². The third kappa shape index (κ3) is 3.39. The number of anilines is 1. The number of carbonyl (C=O) groups is 1. The summed E-state index contributed by atoms with van der Waals surface area (Å²) in [5.41, 5.74) is 0.152. The summed E-state index contributed by atoms with van der Waals surface area (Å²) >= 11 is 12.7. The van der Waals surface area contributed by atoms with Crippen molar-refractivity contribution >= 4 is 56.4 Å². The molecular weight excluding hydrogens is 362 g/mol. The van der Waals surface area contributed by atoms with Gasteiger partial charge in [-0.3, -0.25) is 13.5 Å². The Hall–Kier alpha value is -1.89. The highest BCUT2D eigenvalue weighted by molar-refractivity contribution is 7.13. The monoisotopic (exact) mass is 370 g/mol. The van der Waals surface area contributed by atoms with E-state index in [2.05, 4.69) is 5.32 Å². The van der Waals surface area contributed by atoms with E-state index in [1.165, 1.54) is 28.2 Å². The first kappa shape index (κ1) is 16.0. The number of nitrogens with one attached hydrogen (secondary N) is 1. The van der Waals surface area contributed by atoms with Crippen LogP contribution in [0.5, 0.6) is 0 Å². The molecule has 1 N–H and O–H groups in total. The fourth-order valence-electron chi connectivity index (χ4n) is 2.05.